The molecule has 0 atom stereocenters. The van der Waals surface area contributed by atoms with Gasteiger partial charge >= 0.3 is 0 Å². The third-order valence-corrected chi connectivity index (χ3v) is 5.36. The normalized spacial score (nSPS) is 12.4. The Kier molecular flexibility index (Phi) is 5.38. The topological polar surface area (TPSA) is 133 Å². The van der Waals surface area contributed by atoms with Crippen molar-refractivity contribution in [3.8, 4) is 11.1 Å². The van der Waals surface area contributed by atoms with Crippen LogP contribution in [-0.4, -0.2) is 25.9 Å². The fourth-order valence-corrected chi connectivity index (χ4v) is 3.31. The molecule has 0 amide bonds. The van der Waals surface area contributed by atoms with Gasteiger partial charge in [0.15, 0.2) is 0 Å². The lowest BCUT2D eigenvalue weighted by Gasteiger charge is -2.04. The molecule has 3 rings (SSSR count). The Morgan fingerprint density at radius 2 is 1.36 bits per heavy atom. The van der Waals surface area contributed by atoms with E-state index in [1.54, 1.807) is 24.3 Å². The molecule has 0 saturated carbocycles. The minimum absolute atomic E-state index is 0.232. The van der Waals surface area contributed by atoms with Gasteiger partial charge in [-0.25, -0.2) is 0 Å². The van der Waals surface area contributed by atoms with Gasteiger partial charge in [-0.2, -0.15) is 27.1 Å². The van der Waals surface area contributed by atoms with Crippen molar-refractivity contribution >= 4 is 31.6 Å². The van der Waals surface area contributed by atoms with Crippen molar-refractivity contribution in [2.24, 2.45) is 10.2 Å². The van der Waals surface area contributed by atoms with E-state index in [2.05, 4.69) is 16.3 Å². The zero-order valence-electron chi connectivity index (χ0n) is 14.1. The van der Waals surface area contributed by atoms with Gasteiger partial charge in [-0.3, -0.25) is 9.11 Å². The van der Waals surface area contributed by atoms with Crippen LogP contribution in [0.3, 0.4) is 0 Å². The molecule has 10 heteroatoms. The summed E-state index contributed by atoms with van der Waals surface area (Å²) < 4.78 is 62.8. The first-order valence-electron chi connectivity index (χ1n) is 7.72. The van der Waals surface area contributed by atoms with Crippen LogP contribution in [0.4, 0.5) is 11.4 Å². The largest absolute Gasteiger partial charge is 0.294 e. The Balaban J connectivity index is 1.87. The summed E-state index contributed by atoms with van der Waals surface area (Å²) in [6.07, 6.45) is 0. The van der Waals surface area contributed by atoms with Gasteiger partial charge in [-0.1, -0.05) is 18.2 Å². The number of nitrogens with zero attached hydrogens (tertiary/aromatic N) is 2. The van der Waals surface area contributed by atoms with Crippen LogP contribution in [0.5, 0.6) is 0 Å². The van der Waals surface area contributed by atoms with E-state index in [1.165, 1.54) is 42.5 Å². The molecule has 0 saturated heterocycles. The summed E-state index contributed by atoms with van der Waals surface area (Å²) >= 11 is 0. The van der Waals surface area contributed by atoms with Crippen LogP contribution in [-0.2, 0) is 20.2 Å². The van der Waals surface area contributed by atoms with Gasteiger partial charge in [0.05, 0.1) is 21.2 Å². The summed E-state index contributed by atoms with van der Waals surface area (Å²) in [5.41, 5.74) is 1.88. The third-order valence-electron chi connectivity index (χ3n) is 3.64. The molecule has 0 aliphatic rings. The second-order valence-corrected chi connectivity index (χ2v) is 8.48. The van der Waals surface area contributed by atoms with Gasteiger partial charge in [0, 0.05) is 0 Å². The first-order valence-corrected chi connectivity index (χ1v) is 10.6. The van der Waals surface area contributed by atoms with Crippen molar-refractivity contribution in [3.63, 3.8) is 0 Å². The van der Waals surface area contributed by atoms with E-state index in [1.807, 2.05) is 0 Å². The number of azo groups is 1. The lowest BCUT2D eigenvalue weighted by Crippen LogP contribution is -1.97. The predicted molar refractivity (Wildman–Crippen MR) is 101 cm³/mol. The molecule has 3 aromatic carbocycles. The van der Waals surface area contributed by atoms with E-state index in [0.29, 0.717) is 22.5 Å². The molecule has 143 valence electrons. The maximum absolute atomic E-state index is 11.3. The molecule has 1 radical (unpaired) electrons. The second kappa shape index (κ2) is 7.60. The summed E-state index contributed by atoms with van der Waals surface area (Å²) in [6.45, 7) is 0. The second-order valence-electron chi connectivity index (χ2n) is 5.63. The molecule has 0 bridgehead atoms. The van der Waals surface area contributed by atoms with Crippen LogP contribution >= 0.6 is 0 Å². The summed E-state index contributed by atoms with van der Waals surface area (Å²) in [4.78, 5) is -0.480. The SMILES string of the molecule is O=S(=O)(O)c1ccc(N=Nc2cc[c]c(-c3cccc(S(=O)(=O)O)c3)c2)cc1. The smallest absolute Gasteiger partial charge is 0.282 e. The van der Waals surface area contributed by atoms with Crippen molar-refractivity contribution in [1.29, 1.82) is 0 Å². The number of hydrogen-bond acceptors (Lipinski definition) is 6. The summed E-state index contributed by atoms with van der Waals surface area (Å²) in [7, 11) is -8.59. The van der Waals surface area contributed by atoms with Crippen molar-refractivity contribution < 1.29 is 25.9 Å². The van der Waals surface area contributed by atoms with Gasteiger partial charge < -0.3 is 0 Å². The highest BCUT2D eigenvalue weighted by molar-refractivity contribution is 7.86. The Labute approximate surface area is 161 Å². The van der Waals surface area contributed by atoms with E-state index < -0.39 is 20.2 Å². The predicted octanol–water partition coefficient (Wildman–Crippen LogP) is 4.06. The first-order chi connectivity index (χ1) is 13.1. The molecular weight excluding hydrogens is 404 g/mol. The molecule has 3 aromatic rings. The molecule has 0 fully saturated rings. The van der Waals surface area contributed by atoms with Crippen molar-refractivity contribution in [2.75, 3.05) is 0 Å². The fraction of sp³-hybridized carbons (Fsp3) is 0. The standard InChI is InChI=1S/C18H13N2O6S2/c21-27(22,23)17-9-7-15(8-10-17)19-20-16-5-1-3-13(11-16)14-4-2-6-18(12-14)28(24,25)26/h1-2,4-12H,(H,21,22,23)(H,24,25,26). The van der Waals surface area contributed by atoms with E-state index in [0.717, 1.165) is 0 Å². The Bertz CT molecular complexity index is 1250. The molecule has 0 aliphatic carbocycles. The van der Waals surface area contributed by atoms with Crippen molar-refractivity contribution in [1.82, 2.24) is 0 Å². The van der Waals surface area contributed by atoms with Crippen LogP contribution in [0.1, 0.15) is 0 Å². The highest BCUT2D eigenvalue weighted by Crippen LogP contribution is 2.27. The van der Waals surface area contributed by atoms with Crippen molar-refractivity contribution in [2.45, 2.75) is 9.79 Å². The van der Waals surface area contributed by atoms with E-state index in [4.69, 9.17) is 4.55 Å². The van der Waals surface area contributed by atoms with Gasteiger partial charge in [0.25, 0.3) is 20.2 Å². The lowest BCUT2D eigenvalue weighted by molar-refractivity contribution is 0.481. The number of rotatable bonds is 5. The molecule has 0 unspecified atom stereocenters. The molecule has 0 spiro atoms. The average molecular weight is 417 g/mol. The van der Waals surface area contributed by atoms with Crippen LogP contribution in [0.15, 0.2) is 86.7 Å². The summed E-state index contributed by atoms with van der Waals surface area (Å²) in [5, 5.41) is 8.04. The van der Waals surface area contributed by atoms with Crippen LogP contribution < -0.4 is 0 Å². The molecule has 28 heavy (non-hydrogen) atoms. The van der Waals surface area contributed by atoms with E-state index >= 15 is 0 Å². The summed E-state index contributed by atoms with van der Waals surface area (Å²) in [5.74, 6) is 0. The molecule has 2 N–H and O–H groups in total. The first kappa shape index (κ1) is 19.8. The number of hydrogen-bond donors (Lipinski definition) is 2. The molecule has 0 aromatic heterocycles. The average Bonchev–Trinajstić information content (AvgIpc) is 2.66. The molecule has 0 heterocycles. The monoisotopic (exact) mass is 417 g/mol. The van der Waals surface area contributed by atoms with Gasteiger partial charge in [-0.15, -0.1) is 0 Å². The highest BCUT2D eigenvalue weighted by atomic mass is 32.2. The van der Waals surface area contributed by atoms with E-state index in [-0.39, 0.29) is 9.79 Å². The zero-order valence-corrected chi connectivity index (χ0v) is 15.7. The van der Waals surface area contributed by atoms with Gasteiger partial charge in [0.1, 0.15) is 0 Å². The highest BCUT2D eigenvalue weighted by Gasteiger charge is 2.11. The third kappa shape index (κ3) is 4.87. The van der Waals surface area contributed by atoms with Gasteiger partial charge in [0.2, 0.25) is 0 Å². The fourth-order valence-electron chi connectivity index (χ4n) is 2.31. The minimum atomic E-state index is -4.32. The Morgan fingerprint density at radius 1 is 0.714 bits per heavy atom. The Hall–Kier alpha value is -2.92. The number of benzene rings is 3. The molecule has 8 nitrogen and oxygen atoms in total. The van der Waals surface area contributed by atoms with Crippen LogP contribution in [0.25, 0.3) is 11.1 Å². The summed E-state index contributed by atoms with van der Waals surface area (Å²) in [6, 6.07) is 18.7. The minimum Gasteiger partial charge on any atom is -0.282 e. The van der Waals surface area contributed by atoms with Crippen LogP contribution in [0.2, 0.25) is 0 Å². The molecule has 0 aliphatic heterocycles. The van der Waals surface area contributed by atoms with Gasteiger partial charge in [-0.05, 0) is 65.7 Å². The Morgan fingerprint density at radius 3 is 2.00 bits per heavy atom. The lowest BCUT2D eigenvalue weighted by atomic mass is 10.1. The maximum Gasteiger partial charge on any atom is 0.294 e. The van der Waals surface area contributed by atoms with Crippen molar-refractivity contribution in [3.05, 3.63) is 72.8 Å². The van der Waals surface area contributed by atoms with Crippen LogP contribution in [0, 0.1) is 6.07 Å². The quantitative estimate of drug-likeness (QED) is 0.475. The zero-order chi connectivity index (χ0) is 20.4. The maximum atomic E-state index is 11.3. The molecular formula is C18H13N2O6S2. The van der Waals surface area contributed by atoms with E-state index in [9.17, 15) is 21.4 Å².